The highest BCUT2D eigenvalue weighted by atomic mass is 16.3. The average molecular weight is 348 g/mol. The quantitative estimate of drug-likeness (QED) is 0.807. The van der Waals surface area contributed by atoms with Crippen LogP contribution in [0.25, 0.3) is 0 Å². The summed E-state index contributed by atoms with van der Waals surface area (Å²) in [7, 11) is 3.92. The van der Waals surface area contributed by atoms with Gasteiger partial charge in [0.25, 0.3) is 0 Å². The maximum Gasteiger partial charge on any atom is 0.317 e. The van der Waals surface area contributed by atoms with Crippen molar-refractivity contribution in [3.05, 3.63) is 34.9 Å². The minimum atomic E-state index is -0.348. The number of benzene rings is 1. The van der Waals surface area contributed by atoms with Gasteiger partial charge in [0.05, 0.1) is 6.10 Å². The fourth-order valence-corrected chi connectivity index (χ4v) is 3.18. The van der Waals surface area contributed by atoms with Crippen LogP contribution in [0, 0.1) is 13.8 Å². The number of nitrogens with one attached hydrogen (secondary N) is 1. The number of rotatable bonds is 6. The number of aliphatic hydroxyl groups excluding tert-OH is 1. The third kappa shape index (κ3) is 6.30. The van der Waals surface area contributed by atoms with E-state index in [0.717, 1.165) is 13.1 Å². The standard InChI is InChI=1S/C19H32N4O2/c1-15-5-6-16(2)17(11-15)12-20-19(25)23-9-7-22(8-10-23)14-18(24)13-21(3)4/h5-6,11,18,24H,7-10,12-14H2,1-4H3,(H,20,25)/t18-/m0/s1. The van der Waals surface area contributed by atoms with Crippen molar-refractivity contribution in [3.8, 4) is 0 Å². The molecular weight excluding hydrogens is 316 g/mol. The first-order valence-corrected chi connectivity index (χ1v) is 8.99. The molecule has 2 rings (SSSR count). The molecule has 1 heterocycles. The maximum absolute atomic E-state index is 12.4. The lowest BCUT2D eigenvalue weighted by Gasteiger charge is -2.35. The van der Waals surface area contributed by atoms with E-state index in [1.165, 1.54) is 16.7 Å². The predicted octanol–water partition coefficient (Wildman–Crippen LogP) is 1.05. The third-order valence-electron chi connectivity index (χ3n) is 4.64. The van der Waals surface area contributed by atoms with Crippen LogP contribution in [0.5, 0.6) is 0 Å². The Morgan fingerprint density at radius 2 is 1.92 bits per heavy atom. The summed E-state index contributed by atoms with van der Waals surface area (Å²) in [6, 6.07) is 6.30. The molecule has 1 fully saturated rings. The Bertz CT molecular complexity index is 569. The SMILES string of the molecule is Cc1ccc(C)c(CNC(=O)N2CCN(C[C@@H](O)CN(C)C)CC2)c1. The second kappa shape index (κ2) is 9.17. The molecule has 140 valence electrons. The summed E-state index contributed by atoms with van der Waals surface area (Å²) in [5.74, 6) is 0. The van der Waals surface area contributed by atoms with E-state index in [-0.39, 0.29) is 12.1 Å². The first kappa shape index (κ1) is 19.7. The molecule has 0 aromatic heterocycles. The van der Waals surface area contributed by atoms with Gasteiger partial charge < -0.3 is 20.2 Å². The van der Waals surface area contributed by atoms with E-state index in [9.17, 15) is 9.90 Å². The Balaban J connectivity index is 1.74. The molecular formula is C19H32N4O2. The topological polar surface area (TPSA) is 59.1 Å². The van der Waals surface area contributed by atoms with Crippen LogP contribution < -0.4 is 5.32 Å². The number of piperazine rings is 1. The summed E-state index contributed by atoms with van der Waals surface area (Å²) < 4.78 is 0. The number of carbonyl (C=O) groups is 1. The summed E-state index contributed by atoms with van der Waals surface area (Å²) in [6.07, 6.45) is -0.348. The number of β-amino-alcohol motifs (C(OH)–C–C–N with tert-alkyl or cyclic N) is 1. The van der Waals surface area contributed by atoms with Crippen LogP contribution in [0.1, 0.15) is 16.7 Å². The predicted molar refractivity (Wildman–Crippen MR) is 101 cm³/mol. The molecule has 0 radical (unpaired) electrons. The first-order valence-electron chi connectivity index (χ1n) is 8.99. The van der Waals surface area contributed by atoms with Gasteiger partial charge in [-0.3, -0.25) is 4.90 Å². The summed E-state index contributed by atoms with van der Waals surface area (Å²) in [6.45, 7) is 9.04. The highest BCUT2D eigenvalue weighted by Crippen LogP contribution is 2.11. The molecule has 1 aromatic rings. The molecule has 2 amide bonds. The van der Waals surface area contributed by atoms with E-state index in [0.29, 0.717) is 32.7 Å². The molecule has 1 aliphatic rings. The van der Waals surface area contributed by atoms with Crippen LogP contribution in [0.4, 0.5) is 4.79 Å². The number of nitrogens with zero attached hydrogens (tertiary/aromatic N) is 3. The lowest BCUT2D eigenvalue weighted by molar-refractivity contribution is 0.0662. The zero-order chi connectivity index (χ0) is 18.4. The smallest absolute Gasteiger partial charge is 0.317 e. The van der Waals surface area contributed by atoms with Gasteiger partial charge in [0.1, 0.15) is 0 Å². The maximum atomic E-state index is 12.4. The Labute approximate surface area is 151 Å². The molecule has 0 bridgehead atoms. The monoisotopic (exact) mass is 348 g/mol. The molecule has 1 aliphatic heterocycles. The zero-order valence-corrected chi connectivity index (χ0v) is 16.0. The fourth-order valence-electron chi connectivity index (χ4n) is 3.18. The van der Waals surface area contributed by atoms with Crippen LogP contribution in [-0.4, -0.2) is 85.3 Å². The van der Waals surface area contributed by atoms with Crippen LogP contribution >= 0.6 is 0 Å². The van der Waals surface area contributed by atoms with Crippen molar-refractivity contribution < 1.29 is 9.90 Å². The normalized spacial score (nSPS) is 17.0. The van der Waals surface area contributed by atoms with Crippen LogP contribution in [-0.2, 0) is 6.54 Å². The highest BCUT2D eigenvalue weighted by Gasteiger charge is 2.22. The number of aryl methyl sites for hydroxylation is 2. The summed E-state index contributed by atoms with van der Waals surface area (Å²) in [5, 5.41) is 13.1. The average Bonchev–Trinajstić information content (AvgIpc) is 2.55. The largest absolute Gasteiger partial charge is 0.390 e. The minimum Gasteiger partial charge on any atom is -0.390 e. The molecule has 0 aliphatic carbocycles. The number of urea groups is 1. The first-order chi connectivity index (χ1) is 11.8. The second-order valence-electron chi connectivity index (χ2n) is 7.29. The third-order valence-corrected chi connectivity index (χ3v) is 4.64. The molecule has 25 heavy (non-hydrogen) atoms. The number of carbonyl (C=O) groups excluding carboxylic acids is 1. The number of likely N-dealkylation sites (N-methyl/N-ethyl adjacent to an activating group) is 1. The molecule has 1 aromatic carbocycles. The molecule has 6 heteroatoms. The Hall–Kier alpha value is -1.63. The molecule has 1 saturated heterocycles. The van der Waals surface area contributed by atoms with Crippen molar-refractivity contribution in [3.63, 3.8) is 0 Å². The Morgan fingerprint density at radius 1 is 1.24 bits per heavy atom. The van der Waals surface area contributed by atoms with Crippen LogP contribution in [0.15, 0.2) is 18.2 Å². The van der Waals surface area contributed by atoms with Gasteiger partial charge in [0.2, 0.25) is 0 Å². The van der Waals surface area contributed by atoms with E-state index in [1.807, 2.05) is 23.9 Å². The van der Waals surface area contributed by atoms with E-state index in [4.69, 9.17) is 0 Å². The molecule has 0 saturated carbocycles. The van der Waals surface area contributed by atoms with Crippen molar-refractivity contribution in [2.75, 3.05) is 53.4 Å². The van der Waals surface area contributed by atoms with Gasteiger partial charge in [-0.1, -0.05) is 23.8 Å². The van der Waals surface area contributed by atoms with Gasteiger partial charge in [-0.25, -0.2) is 4.79 Å². The second-order valence-corrected chi connectivity index (χ2v) is 7.29. The van der Waals surface area contributed by atoms with Gasteiger partial charge in [-0.05, 0) is 39.1 Å². The van der Waals surface area contributed by atoms with Crippen LogP contribution in [0.2, 0.25) is 0 Å². The van der Waals surface area contributed by atoms with E-state index < -0.39 is 0 Å². The lowest BCUT2D eigenvalue weighted by Crippen LogP contribution is -2.53. The van der Waals surface area contributed by atoms with Gasteiger partial charge in [0.15, 0.2) is 0 Å². The highest BCUT2D eigenvalue weighted by molar-refractivity contribution is 5.74. The molecule has 0 unspecified atom stereocenters. The zero-order valence-electron chi connectivity index (χ0n) is 16.0. The Morgan fingerprint density at radius 3 is 2.56 bits per heavy atom. The molecule has 2 N–H and O–H groups in total. The fraction of sp³-hybridized carbons (Fsp3) is 0.632. The summed E-state index contributed by atoms with van der Waals surface area (Å²) >= 11 is 0. The van der Waals surface area contributed by atoms with Crippen molar-refractivity contribution in [2.24, 2.45) is 0 Å². The summed E-state index contributed by atoms with van der Waals surface area (Å²) in [5.41, 5.74) is 3.57. The molecule has 1 atom stereocenters. The number of hydrogen-bond donors (Lipinski definition) is 2. The van der Waals surface area contributed by atoms with Crippen molar-refractivity contribution in [2.45, 2.75) is 26.5 Å². The van der Waals surface area contributed by atoms with Gasteiger partial charge in [-0.15, -0.1) is 0 Å². The van der Waals surface area contributed by atoms with Gasteiger partial charge in [0, 0.05) is 45.8 Å². The lowest BCUT2D eigenvalue weighted by atomic mass is 10.1. The van der Waals surface area contributed by atoms with Crippen LogP contribution in [0.3, 0.4) is 0 Å². The van der Waals surface area contributed by atoms with Crippen molar-refractivity contribution in [1.82, 2.24) is 20.0 Å². The number of amides is 2. The van der Waals surface area contributed by atoms with Crippen molar-refractivity contribution in [1.29, 1.82) is 0 Å². The van der Waals surface area contributed by atoms with E-state index in [1.54, 1.807) is 0 Å². The van der Waals surface area contributed by atoms with E-state index in [2.05, 4.69) is 42.3 Å². The van der Waals surface area contributed by atoms with Gasteiger partial charge >= 0.3 is 6.03 Å². The number of hydrogen-bond acceptors (Lipinski definition) is 4. The van der Waals surface area contributed by atoms with Crippen molar-refractivity contribution >= 4 is 6.03 Å². The molecule has 6 nitrogen and oxygen atoms in total. The minimum absolute atomic E-state index is 0.00519. The Kier molecular flexibility index (Phi) is 7.23. The van der Waals surface area contributed by atoms with E-state index >= 15 is 0 Å². The summed E-state index contributed by atoms with van der Waals surface area (Å²) in [4.78, 5) is 18.5. The number of aliphatic hydroxyl groups is 1. The molecule has 0 spiro atoms. The van der Waals surface area contributed by atoms with Gasteiger partial charge in [-0.2, -0.15) is 0 Å².